The number of rotatable bonds is 3. The average Bonchev–Trinajstić information content (AvgIpc) is 2.61. The van der Waals surface area contributed by atoms with Crippen LogP contribution in [0, 0.1) is 0 Å². The van der Waals surface area contributed by atoms with Gasteiger partial charge in [0.05, 0.1) is 6.54 Å². The molecule has 0 bridgehead atoms. The van der Waals surface area contributed by atoms with E-state index in [1.807, 2.05) is 60.6 Å². The first-order valence-corrected chi connectivity index (χ1v) is 10.4. The van der Waals surface area contributed by atoms with Crippen LogP contribution in [0.25, 0.3) is 0 Å². The Balaban J connectivity index is 1.55. The summed E-state index contributed by atoms with van der Waals surface area (Å²) in [6.07, 6.45) is 1.23. The van der Waals surface area contributed by atoms with Crippen LogP contribution in [0.1, 0.15) is 45.6 Å². The van der Waals surface area contributed by atoms with E-state index < -0.39 is 17.6 Å². The molecule has 7 heteroatoms. The molecule has 2 heterocycles. The Labute approximate surface area is 171 Å². The summed E-state index contributed by atoms with van der Waals surface area (Å²) < 4.78 is 36.9. The molecule has 1 aromatic rings. The highest BCUT2D eigenvalue weighted by Crippen LogP contribution is 2.27. The van der Waals surface area contributed by atoms with Gasteiger partial charge in [-0.25, -0.2) is 9.37 Å². The van der Waals surface area contributed by atoms with Gasteiger partial charge in [0.15, 0.2) is 0 Å². The topological polar surface area (TPSA) is 44.6 Å². The third kappa shape index (κ3) is 6.23. The van der Waals surface area contributed by atoms with Crippen molar-refractivity contribution in [1.82, 2.24) is 10.2 Å². The lowest BCUT2D eigenvalue weighted by atomic mass is 10.00. The average molecular weight is 409 g/mol. The molecule has 0 aliphatic carbocycles. The molecule has 29 heavy (non-hydrogen) atoms. The Morgan fingerprint density at radius 3 is 2.48 bits per heavy atom. The lowest BCUT2D eigenvalue weighted by Crippen LogP contribution is -2.54. The summed E-state index contributed by atoms with van der Waals surface area (Å²) in [5, 5.41) is 2.86. The van der Waals surface area contributed by atoms with E-state index in [1.54, 1.807) is 0 Å². The number of nitrogens with one attached hydrogen (secondary N) is 1. The number of halogens is 2. The van der Waals surface area contributed by atoms with Crippen molar-refractivity contribution in [3.63, 3.8) is 0 Å². The smallest absolute Gasteiger partial charge is 0.407 e. The Morgan fingerprint density at radius 1 is 1.24 bits per heavy atom. The predicted molar refractivity (Wildman–Crippen MR) is 109 cm³/mol. The van der Waals surface area contributed by atoms with E-state index in [-0.39, 0.29) is 18.3 Å². The molecule has 2 fully saturated rings. The molecule has 0 aromatic heterocycles. The summed E-state index contributed by atoms with van der Waals surface area (Å²) in [5.41, 5.74) is 0.759. The molecule has 1 amide bonds. The van der Waals surface area contributed by atoms with E-state index >= 15 is 0 Å². The first-order valence-electron chi connectivity index (χ1n) is 10.4. The van der Waals surface area contributed by atoms with Crippen molar-refractivity contribution in [2.24, 2.45) is 0 Å². The minimum Gasteiger partial charge on any atom is -0.444 e. The summed E-state index contributed by atoms with van der Waals surface area (Å²) in [7, 11) is 0. The number of piperidine rings is 2. The molecule has 1 N–H and O–H groups in total. The van der Waals surface area contributed by atoms with Gasteiger partial charge < -0.3 is 10.1 Å². The van der Waals surface area contributed by atoms with E-state index in [2.05, 4.69) is 5.32 Å². The number of amides is 1. The lowest BCUT2D eigenvalue weighted by molar-refractivity contribution is -0.545. The Hall–Kier alpha value is -2.02. The predicted octanol–water partition coefficient (Wildman–Crippen LogP) is 3.67. The van der Waals surface area contributed by atoms with Crippen LogP contribution in [0.15, 0.2) is 30.3 Å². The maximum Gasteiger partial charge on any atom is 0.407 e. The fourth-order valence-corrected chi connectivity index (χ4v) is 4.03. The zero-order chi connectivity index (χ0) is 21.1. The SMILES string of the molecule is CC(C)(C)OC(=O)NC1CC[N+](=C2CCN(Cc3ccccc3)CC2(F)F)CC1. The van der Waals surface area contributed by atoms with Crippen LogP contribution in [-0.2, 0) is 11.3 Å². The van der Waals surface area contributed by atoms with Crippen molar-refractivity contribution in [2.75, 3.05) is 26.2 Å². The van der Waals surface area contributed by atoms with Crippen LogP contribution in [0.3, 0.4) is 0 Å². The summed E-state index contributed by atoms with van der Waals surface area (Å²) in [6.45, 7) is 7.46. The number of likely N-dealkylation sites (tertiary alicyclic amines) is 1. The summed E-state index contributed by atoms with van der Waals surface area (Å²) in [6, 6.07) is 9.71. The Bertz CT molecular complexity index is 734. The van der Waals surface area contributed by atoms with Crippen LogP contribution in [0.4, 0.5) is 13.6 Å². The molecular weight excluding hydrogens is 376 g/mol. The number of ether oxygens (including phenoxy) is 1. The lowest BCUT2D eigenvalue weighted by Gasteiger charge is -2.33. The van der Waals surface area contributed by atoms with Gasteiger partial charge in [-0.1, -0.05) is 30.3 Å². The maximum atomic E-state index is 14.9. The van der Waals surface area contributed by atoms with Gasteiger partial charge >= 0.3 is 12.0 Å². The molecule has 0 spiro atoms. The van der Waals surface area contributed by atoms with E-state index in [4.69, 9.17) is 4.74 Å². The third-order valence-corrected chi connectivity index (χ3v) is 5.36. The van der Waals surface area contributed by atoms with Gasteiger partial charge in [-0.15, -0.1) is 0 Å². The number of hydrogen-bond acceptors (Lipinski definition) is 3. The fourth-order valence-electron chi connectivity index (χ4n) is 4.03. The van der Waals surface area contributed by atoms with Crippen LogP contribution in [-0.4, -0.2) is 65.0 Å². The van der Waals surface area contributed by atoms with Gasteiger partial charge in [0, 0.05) is 38.4 Å². The standard InChI is InChI=1S/C22H31F2N3O2/c1-21(2,3)29-20(28)25-18-9-13-27(14-10-18)19-11-12-26(16-22(19,23)24)15-17-7-5-4-6-8-17/h4-8,18H,9-16H2,1-3H3/p+1. The summed E-state index contributed by atoms with van der Waals surface area (Å²) >= 11 is 0. The van der Waals surface area contributed by atoms with E-state index in [0.717, 1.165) is 5.56 Å². The van der Waals surface area contributed by atoms with Gasteiger partial charge in [0.1, 0.15) is 18.7 Å². The van der Waals surface area contributed by atoms with Crippen molar-refractivity contribution in [3.8, 4) is 0 Å². The number of carbonyl (C=O) groups excluding carboxylic acids is 1. The highest BCUT2D eigenvalue weighted by Gasteiger charge is 2.48. The molecular formula is C22H32F2N3O2+. The molecule has 0 unspecified atom stereocenters. The highest BCUT2D eigenvalue weighted by atomic mass is 19.3. The molecule has 0 radical (unpaired) electrons. The quantitative estimate of drug-likeness (QED) is 0.777. The van der Waals surface area contributed by atoms with Gasteiger partial charge in [-0.3, -0.25) is 4.90 Å². The number of benzene rings is 1. The normalized spacial score (nSPS) is 23.0. The number of nitrogens with zero attached hydrogens (tertiary/aromatic N) is 2. The third-order valence-electron chi connectivity index (χ3n) is 5.36. The van der Waals surface area contributed by atoms with Gasteiger partial charge in [0.2, 0.25) is 5.71 Å². The second-order valence-corrected chi connectivity index (χ2v) is 9.00. The molecule has 2 saturated heterocycles. The first kappa shape index (κ1) is 21.7. The van der Waals surface area contributed by atoms with Crippen LogP contribution in [0.2, 0.25) is 0 Å². The van der Waals surface area contributed by atoms with Crippen molar-refractivity contribution in [3.05, 3.63) is 35.9 Å². The van der Waals surface area contributed by atoms with Crippen LogP contribution in [0.5, 0.6) is 0 Å². The van der Waals surface area contributed by atoms with Crippen molar-refractivity contribution >= 4 is 11.8 Å². The Kier molecular flexibility index (Phi) is 6.56. The molecule has 2 aliphatic rings. The van der Waals surface area contributed by atoms with Gasteiger partial charge in [-0.05, 0) is 26.3 Å². The number of hydrogen-bond donors (Lipinski definition) is 1. The fraction of sp³-hybridized carbons (Fsp3) is 0.636. The van der Waals surface area contributed by atoms with Crippen molar-refractivity contribution in [1.29, 1.82) is 0 Å². The number of alkyl carbamates (subject to hydrolysis) is 1. The monoisotopic (exact) mass is 408 g/mol. The van der Waals surface area contributed by atoms with E-state index in [9.17, 15) is 13.6 Å². The van der Waals surface area contributed by atoms with E-state index in [0.29, 0.717) is 45.4 Å². The van der Waals surface area contributed by atoms with Gasteiger partial charge in [-0.2, -0.15) is 8.78 Å². The molecule has 3 rings (SSSR count). The highest BCUT2D eigenvalue weighted by molar-refractivity contribution is 5.88. The zero-order valence-corrected chi connectivity index (χ0v) is 17.6. The van der Waals surface area contributed by atoms with Crippen LogP contribution < -0.4 is 5.32 Å². The summed E-state index contributed by atoms with van der Waals surface area (Å²) in [4.78, 5) is 13.8. The van der Waals surface area contributed by atoms with Crippen molar-refractivity contribution < 1.29 is 22.9 Å². The summed E-state index contributed by atoms with van der Waals surface area (Å²) in [5.74, 6) is -2.82. The largest absolute Gasteiger partial charge is 0.444 e. The van der Waals surface area contributed by atoms with Crippen LogP contribution >= 0.6 is 0 Å². The van der Waals surface area contributed by atoms with Crippen molar-refractivity contribution in [2.45, 2.75) is 64.1 Å². The zero-order valence-electron chi connectivity index (χ0n) is 17.6. The molecule has 0 atom stereocenters. The minimum absolute atomic E-state index is 0.0338. The van der Waals surface area contributed by atoms with Gasteiger partial charge in [0.25, 0.3) is 0 Å². The number of alkyl halides is 2. The van der Waals surface area contributed by atoms with E-state index in [1.165, 1.54) is 0 Å². The molecule has 1 aromatic carbocycles. The first-order chi connectivity index (χ1) is 13.6. The second-order valence-electron chi connectivity index (χ2n) is 9.00. The Morgan fingerprint density at radius 2 is 1.90 bits per heavy atom. The molecule has 160 valence electrons. The molecule has 5 nitrogen and oxygen atoms in total. The molecule has 0 saturated carbocycles. The maximum absolute atomic E-state index is 14.9. The molecule has 2 aliphatic heterocycles. The number of carbonyl (C=O) groups is 1. The second kappa shape index (κ2) is 8.78. The minimum atomic E-state index is -2.82.